The van der Waals surface area contributed by atoms with E-state index in [-0.39, 0.29) is 12.1 Å². The van der Waals surface area contributed by atoms with Gasteiger partial charge in [-0.15, -0.1) is 0 Å². The van der Waals surface area contributed by atoms with E-state index in [2.05, 4.69) is 30.9 Å². The lowest BCUT2D eigenvalue weighted by atomic mass is 9.97. The zero-order chi connectivity index (χ0) is 13.5. The minimum absolute atomic E-state index is 0.0373. The van der Waals surface area contributed by atoms with E-state index in [1.54, 1.807) is 6.33 Å². The molecule has 1 aromatic heterocycles. The quantitative estimate of drug-likeness (QED) is 0.765. The molecule has 2 unspecified atom stereocenters. The Morgan fingerprint density at radius 1 is 1.39 bits per heavy atom. The van der Waals surface area contributed by atoms with Crippen LogP contribution in [0.2, 0.25) is 0 Å². The number of nitrogens with zero attached hydrogens (tertiary/aromatic N) is 3. The van der Waals surface area contributed by atoms with Crippen LogP contribution in [0, 0.1) is 5.92 Å². The molecule has 0 amide bonds. The van der Waals surface area contributed by atoms with Crippen molar-refractivity contribution in [1.82, 2.24) is 14.8 Å². The second-order valence-corrected chi connectivity index (χ2v) is 4.93. The highest BCUT2D eigenvalue weighted by Crippen LogP contribution is 2.13. The molecule has 1 rings (SSSR count). The van der Waals surface area contributed by atoms with Gasteiger partial charge in [-0.2, -0.15) is 5.10 Å². The Morgan fingerprint density at radius 3 is 2.67 bits per heavy atom. The number of hydrogen-bond acceptors (Lipinski definition) is 4. The topological polar surface area (TPSA) is 66.0 Å². The van der Waals surface area contributed by atoms with E-state index < -0.39 is 0 Å². The minimum Gasteiger partial charge on any atom is -0.377 e. The summed E-state index contributed by atoms with van der Waals surface area (Å²) in [7, 11) is 0. The van der Waals surface area contributed by atoms with Crippen LogP contribution in [-0.2, 0) is 17.7 Å². The van der Waals surface area contributed by atoms with Crippen molar-refractivity contribution in [2.45, 2.75) is 59.2 Å². The molecule has 0 radical (unpaired) electrons. The fraction of sp³-hybridized carbons (Fsp3) is 0.846. The van der Waals surface area contributed by atoms with Crippen molar-refractivity contribution in [3.63, 3.8) is 0 Å². The molecule has 0 aromatic carbocycles. The summed E-state index contributed by atoms with van der Waals surface area (Å²) in [6.45, 7) is 9.99. The molecule has 0 fully saturated rings. The highest BCUT2D eigenvalue weighted by Gasteiger charge is 2.23. The summed E-state index contributed by atoms with van der Waals surface area (Å²) >= 11 is 0. The third kappa shape index (κ3) is 4.07. The molecular formula is C13H26N4O. The van der Waals surface area contributed by atoms with Crippen LogP contribution in [-0.4, -0.2) is 33.5 Å². The molecule has 1 aromatic rings. The monoisotopic (exact) mass is 254 g/mol. The fourth-order valence-corrected chi connectivity index (χ4v) is 2.17. The van der Waals surface area contributed by atoms with E-state index in [4.69, 9.17) is 10.5 Å². The van der Waals surface area contributed by atoms with Crippen molar-refractivity contribution in [3.05, 3.63) is 12.2 Å². The van der Waals surface area contributed by atoms with Crippen molar-refractivity contribution in [3.8, 4) is 0 Å². The van der Waals surface area contributed by atoms with Crippen LogP contribution >= 0.6 is 0 Å². The second-order valence-electron chi connectivity index (χ2n) is 4.93. The van der Waals surface area contributed by atoms with Crippen molar-refractivity contribution in [2.75, 3.05) is 6.61 Å². The Balaban J connectivity index is 2.66. The number of aromatic nitrogens is 3. The zero-order valence-corrected chi connectivity index (χ0v) is 12.0. The van der Waals surface area contributed by atoms with Gasteiger partial charge in [0.1, 0.15) is 12.2 Å². The molecule has 1 heterocycles. The maximum absolute atomic E-state index is 6.26. The molecule has 0 aliphatic heterocycles. The summed E-state index contributed by atoms with van der Waals surface area (Å²) in [4.78, 5) is 4.29. The SMILES string of the molecule is CCCn1ncnc1CC(N)C(OCC)C(C)C. The Bertz CT molecular complexity index is 337. The molecule has 0 bridgehead atoms. The molecule has 0 aliphatic carbocycles. The van der Waals surface area contributed by atoms with Gasteiger partial charge in [-0.25, -0.2) is 4.98 Å². The predicted molar refractivity (Wildman–Crippen MR) is 72.2 cm³/mol. The average Bonchev–Trinajstić information content (AvgIpc) is 2.73. The van der Waals surface area contributed by atoms with E-state index in [1.165, 1.54) is 0 Å². The maximum atomic E-state index is 6.26. The van der Waals surface area contributed by atoms with Gasteiger partial charge >= 0.3 is 0 Å². The van der Waals surface area contributed by atoms with E-state index in [1.807, 2.05) is 11.6 Å². The molecule has 18 heavy (non-hydrogen) atoms. The number of rotatable bonds is 8. The van der Waals surface area contributed by atoms with Crippen LogP contribution in [0.5, 0.6) is 0 Å². The Hall–Kier alpha value is -0.940. The van der Waals surface area contributed by atoms with Crippen molar-refractivity contribution >= 4 is 0 Å². The van der Waals surface area contributed by atoms with E-state index in [0.29, 0.717) is 18.9 Å². The third-order valence-electron chi connectivity index (χ3n) is 2.99. The molecule has 0 saturated carbocycles. The van der Waals surface area contributed by atoms with Crippen LogP contribution in [0.4, 0.5) is 0 Å². The molecule has 5 heteroatoms. The lowest BCUT2D eigenvalue weighted by Crippen LogP contribution is -2.42. The first kappa shape index (κ1) is 15.1. The first-order chi connectivity index (χ1) is 8.60. The number of nitrogens with two attached hydrogens (primary N) is 1. The first-order valence-corrected chi connectivity index (χ1v) is 6.83. The first-order valence-electron chi connectivity index (χ1n) is 6.83. The van der Waals surface area contributed by atoms with E-state index in [9.17, 15) is 0 Å². The Kier molecular flexibility index (Phi) is 6.29. The largest absolute Gasteiger partial charge is 0.377 e. The Morgan fingerprint density at radius 2 is 2.11 bits per heavy atom. The maximum Gasteiger partial charge on any atom is 0.138 e. The van der Waals surface area contributed by atoms with Crippen LogP contribution in [0.1, 0.15) is 39.9 Å². The summed E-state index contributed by atoms with van der Waals surface area (Å²) in [5.74, 6) is 1.36. The van der Waals surface area contributed by atoms with Crippen molar-refractivity contribution in [2.24, 2.45) is 11.7 Å². The lowest BCUT2D eigenvalue weighted by Gasteiger charge is -2.26. The molecule has 5 nitrogen and oxygen atoms in total. The van der Waals surface area contributed by atoms with Crippen LogP contribution < -0.4 is 5.73 Å². The van der Waals surface area contributed by atoms with Crippen LogP contribution in [0.3, 0.4) is 0 Å². The molecule has 0 aliphatic rings. The normalized spacial score (nSPS) is 15.0. The van der Waals surface area contributed by atoms with E-state index in [0.717, 1.165) is 18.8 Å². The number of aryl methyl sites for hydroxylation is 1. The molecule has 0 saturated heterocycles. The number of ether oxygens (including phenoxy) is 1. The highest BCUT2D eigenvalue weighted by molar-refractivity contribution is 4.92. The fourth-order valence-electron chi connectivity index (χ4n) is 2.17. The van der Waals surface area contributed by atoms with E-state index >= 15 is 0 Å². The smallest absolute Gasteiger partial charge is 0.138 e. The van der Waals surface area contributed by atoms with Gasteiger partial charge in [-0.3, -0.25) is 4.68 Å². The van der Waals surface area contributed by atoms with Crippen molar-refractivity contribution < 1.29 is 4.74 Å². The van der Waals surface area contributed by atoms with Gasteiger partial charge in [-0.05, 0) is 19.3 Å². The molecule has 2 atom stereocenters. The minimum atomic E-state index is -0.0373. The Labute approximate surface area is 110 Å². The zero-order valence-electron chi connectivity index (χ0n) is 12.0. The summed E-state index contributed by atoms with van der Waals surface area (Å²) < 4.78 is 7.67. The van der Waals surface area contributed by atoms with Crippen LogP contribution in [0.15, 0.2) is 6.33 Å². The van der Waals surface area contributed by atoms with Gasteiger partial charge in [0.15, 0.2) is 0 Å². The lowest BCUT2D eigenvalue weighted by molar-refractivity contribution is 0.0121. The van der Waals surface area contributed by atoms with Gasteiger partial charge in [0.25, 0.3) is 0 Å². The van der Waals surface area contributed by atoms with Gasteiger partial charge in [0.05, 0.1) is 6.10 Å². The summed E-state index contributed by atoms with van der Waals surface area (Å²) in [6, 6.07) is -0.0373. The highest BCUT2D eigenvalue weighted by atomic mass is 16.5. The average molecular weight is 254 g/mol. The van der Waals surface area contributed by atoms with Crippen molar-refractivity contribution in [1.29, 1.82) is 0 Å². The second kappa shape index (κ2) is 7.48. The van der Waals surface area contributed by atoms with Crippen LogP contribution in [0.25, 0.3) is 0 Å². The third-order valence-corrected chi connectivity index (χ3v) is 2.99. The molecular weight excluding hydrogens is 228 g/mol. The predicted octanol–water partition coefficient (Wildman–Crippen LogP) is 1.62. The standard InChI is InChI=1S/C13H26N4O/c1-5-7-17-12(15-9-16-17)8-11(14)13(10(3)4)18-6-2/h9-11,13H,5-8,14H2,1-4H3. The summed E-state index contributed by atoms with van der Waals surface area (Å²) in [6.07, 6.45) is 3.43. The summed E-state index contributed by atoms with van der Waals surface area (Å²) in [5.41, 5.74) is 6.26. The van der Waals surface area contributed by atoms with Gasteiger partial charge in [-0.1, -0.05) is 20.8 Å². The van der Waals surface area contributed by atoms with Gasteiger partial charge in [0, 0.05) is 25.6 Å². The molecule has 104 valence electrons. The summed E-state index contributed by atoms with van der Waals surface area (Å²) in [5, 5.41) is 4.22. The molecule has 2 N–H and O–H groups in total. The molecule has 0 spiro atoms. The number of hydrogen-bond donors (Lipinski definition) is 1. The van der Waals surface area contributed by atoms with Gasteiger partial charge in [0.2, 0.25) is 0 Å². The van der Waals surface area contributed by atoms with Gasteiger partial charge < -0.3 is 10.5 Å².